The van der Waals surface area contributed by atoms with E-state index in [1.807, 2.05) is 0 Å². The molecule has 1 aliphatic rings. The van der Waals surface area contributed by atoms with E-state index in [2.05, 4.69) is 26.1 Å². The lowest BCUT2D eigenvalue weighted by atomic mass is 10.3. The lowest BCUT2D eigenvalue weighted by Crippen LogP contribution is -2.25. The third-order valence-corrected chi connectivity index (χ3v) is 2.06. The molecule has 1 heteroatoms. The highest BCUT2D eigenvalue weighted by Gasteiger charge is 2.31. The summed E-state index contributed by atoms with van der Waals surface area (Å²) in [6.45, 7) is 7.96. The van der Waals surface area contributed by atoms with E-state index >= 15 is 0 Å². The first-order chi connectivity index (χ1) is 4.20. The SMILES string of the molecule is CC(C)NC[C@H]1C[C@H]1C. The molecule has 0 aromatic heterocycles. The van der Waals surface area contributed by atoms with Gasteiger partial charge in [-0.25, -0.2) is 0 Å². The summed E-state index contributed by atoms with van der Waals surface area (Å²) in [4.78, 5) is 0. The van der Waals surface area contributed by atoms with Crippen LogP contribution in [0.15, 0.2) is 0 Å². The quantitative estimate of drug-likeness (QED) is 0.607. The molecule has 0 aromatic rings. The molecule has 1 rings (SSSR count). The standard InChI is InChI=1S/C8H17N/c1-6(2)9-5-8-4-7(8)3/h6-9H,4-5H2,1-3H3/t7-,8-/m1/s1. The molecule has 1 saturated carbocycles. The van der Waals surface area contributed by atoms with Gasteiger partial charge in [-0.2, -0.15) is 0 Å². The minimum Gasteiger partial charge on any atom is -0.314 e. The average molecular weight is 127 g/mol. The fraction of sp³-hybridized carbons (Fsp3) is 1.00. The molecule has 1 nitrogen and oxygen atoms in total. The zero-order chi connectivity index (χ0) is 6.85. The molecular weight excluding hydrogens is 110 g/mol. The van der Waals surface area contributed by atoms with Gasteiger partial charge in [0.05, 0.1) is 0 Å². The molecular formula is C8H17N. The minimum absolute atomic E-state index is 0.665. The normalized spacial score (nSPS) is 33.3. The highest BCUT2D eigenvalue weighted by atomic mass is 14.9. The van der Waals surface area contributed by atoms with Crippen molar-refractivity contribution in [3.63, 3.8) is 0 Å². The van der Waals surface area contributed by atoms with Gasteiger partial charge in [-0.1, -0.05) is 20.8 Å². The van der Waals surface area contributed by atoms with E-state index in [0.29, 0.717) is 6.04 Å². The van der Waals surface area contributed by atoms with Crippen molar-refractivity contribution in [3.8, 4) is 0 Å². The molecule has 0 spiro atoms. The van der Waals surface area contributed by atoms with Crippen LogP contribution in [-0.4, -0.2) is 12.6 Å². The van der Waals surface area contributed by atoms with Gasteiger partial charge in [-0.05, 0) is 24.8 Å². The van der Waals surface area contributed by atoms with Crippen molar-refractivity contribution in [2.24, 2.45) is 11.8 Å². The third kappa shape index (κ3) is 2.35. The number of hydrogen-bond acceptors (Lipinski definition) is 1. The van der Waals surface area contributed by atoms with Crippen molar-refractivity contribution >= 4 is 0 Å². The Morgan fingerprint density at radius 1 is 1.56 bits per heavy atom. The van der Waals surface area contributed by atoms with Crippen LogP contribution in [0, 0.1) is 11.8 Å². The van der Waals surface area contributed by atoms with Crippen molar-refractivity contribution in [1.82, 2.24) is 5.32 Å². The number of hydrogen-bond donors (Lipinski definition) is 1. The second kappa shape index (κ2) is 2.70. The summed E-state index contributed by atoms with van der Waals surface area (Å²) in [5, 5.41) is 3.44. The molecule has 0 aliphatic heterocycles. The molecule has 0 radical (unpaired) electrons. The monoisotopic (exact) mass is 127 g/mol. The molecule has 0 unspecified atom stereocenters. The van der Waals surface area contributed by atoms with E-state index < -0.39 is 0 Å². The average Bonchev–Trinajstić information content (AvgIpc) is 2.42. The van der Waals surface area contributed by atoms with Gasteiger partial charge in [-0.15, -0.1) is 0 Å². The Hall–Kier alpha value is -0.0400. The Morgan fingerprint density at radius 3 is 2.44 bits per heavy atom. The molecule has 1 fully saturated rings. The van der Waals surface area contributed by atoms with E-state index in [1.165, 1.54) is 13.0 Å². The van der Waals surface area contributed by atoms with Crippen LogP contribution in [0.4, 0.5) is 0 Å². The molecule has 54 valence electrons. The molecule has 2 atom stereocenters. The van der Waals surface area contributed by atoms with Crippen LogP contribution in [0.1, 0.15) is 27.2 Å². The summed E-state index contributed by atoms with van der Waals surface area (Å²) in [5.74, 6) is 1.99. The number of nitrogens with one attached hydrogen (secondary N) is 1. The molecule has 0 saturated heterocycles. The second-order valence-corrected chi connectivity index (χ2v) is 3.54. The van der Waals surface area contributed by atoms with Crippen molar-refractivity contribution < 1.29 is 0 Å². The van der Waals surface area contributed by atoms with Crippen LogP contribution in [0.3, 0.4) is 0 Å². The summed E-state index contributed by atoms with van der Waals surface area (Å²) >= 11 is 0. The van der Waals surface area contributed by atoms with Crippen LogP contribution in [0.2, 0.25) is 0 Å². The largest absolute Gasteiger partial charge is 0.314 e. The van der Waals surface area contributed by atoms with Crippen LogP contribution in [0.25, 0.3) is 0 Å². The predicted molar refractivity (Wildman–Crippen MR) is 40.4 cm³/mol. The second-order valence-electron chi connectivity index (χ2n) is 3.54. The van der Waals surface area contributed by atoms with Gasteiger partial charge in [0.2, 0.25) is 0 Å². The lowest BCUT2D eigenvalue weighted by Gasteiger charge is -2.05. The zero-order valence-corrected chi connectivity index (χ0v) is 6.65. The Bertz CT molecular complexity index is 88.6. The first kappa shape index (κ1) is 7.07. The molecule has 1 N–H and O–H groups in total. The van der Waals surface area contributed by atoms with Crippen LogP contribution >= 0.6 is 0 Å². The fourth-order valence-electron chi connectivity index (χ4n) is 1.07. The lowest BCUT2D eigenvalue weighted by molar-refractivity contribution is 0.546. The van der Waals surface area contributed by atoms with Gasteiger partial charge < -0.3 is 5.32 Å². The number of rotatable bonds is 3. The van der Waals surface area contributed by atoms with Crippen LogP contribution in [-0.2, 0) is 0 Å². The smallest absolute Gasteiger partial charge is 0.00104 e. The van der Waals surface area contributed by atoms with Gasteiger partial charge in [0.15, 0.2) is 0 Å². The summed E-state index contributed by atoms with van der Waals surface area (Å²) in [6.07, 6.45) is 1.44. The first-order valence-electron chi connectivity index (χ1n) is 3.93. The summed E-state index contributed by atoms with van der Waals surface area (Å²) < 4.78 is 0. The van der Waals surface area contributed by atoms with E-state index in [-0.39, 0.29) is 0 Å². The minimum atomic E-state index is 0.665. The Morgan fingerprint density at radius 2 is 2.11 bits per heavy atom. The van der Waals surface area contributed by atoms with Gasteiger partial charge in [-0.3, -0.25) is 0 Å². The fourth-order valence-corrected chi connectivity index (χ4v) is 1.07. The van der Waals surface area contributed by atoms with E-state index in [9.17, 15) is 0 Å². The molecule has 9 heavy (non-hydrogen) atoms. The topological polar surface area (TPSA) is 12.0 Å². The Kier molecular flexibility index (Phi) is 2.12. The highest BCUT2D eigenvalue weighted by molar-refractivity contribution is 4.84. The molecule has 0 bridgehead atoms. The van der Waals surface area contributed by atoms with E-state index in [0.717, 1.165) is 11.8 Å². The van der Waals surface area contributed by atoms with Crippen LogP contribution < -0.4 is 5.32 Å². The molecule has 0 aromatic carbocycles. The summed E-state index contributed by atoms with van der Waals surface area (Å²) in [7, 11) is 0. The maximum absolute atomic E-state index is 3.44. The van der Waals surface area contributed by atoms with Crippen molar-refractivity contribution in [2.45, 2.75) is 33.2 Å². The molecule has 0 heterocycles. The predicted octanol–water partition coefficient (Wildman–Crippen LogP) is 1.64. The maximum Gasteiger partial charge on any atom is 0.00104 e. The van der Waals surface area contributed by atoms with Gasteiger partial charge in [0.25, 0.3) is 0 Å². The zero-order valence-electron chi connectivity index (χ0n) is 6.65. The summed E-state index contributed by atoms with van der Waals surface area (Å²) in [6, 6.07) is 0.665. The van der Waals surface area contributed by atoms with Gasteiger partial charge in [0, 0.05) is 6.04 Å². The third-order valence-electron chi connectivity index (χ3n) is 2.06. The van der Waals surface area contributed by atoms with Gasteiger partial charge >= 0.3 is 0 Å². The summed E-state index contributed by atoms with van der Waals surface area (Å²) in [5.41, 5.74) is 0. The van der Waals surface area contributed by atoms with Crippen LogP contribution in [0.5, 0.6) is 0 Å². The van der Waals surface area contributed by atoms with Crippen molar-refractivity contribution in [1.29, 1.82) is 0 Å². The van der Waals surface area contributed by atoms with Crippen molar-refractivity contribution in [3.05, 3.63) is 0 Å². The maximum atomic E-state index is 3.44. The van der Waals surface area contributed by atoms with E-state index in [4.69, 9.17) is 0 Å². The van der Waals surface area contributed by atoms with E-state index in [1.54, 1.807) is 0 Å². The van der Waals surface area contributed by atoms with Gasteiger partial charge in [0.1, 0.15) is 0 Å². The molecule has 0 amide bonds. The highest BCUT2D eigenvalue weighted by Crippen LogP contribution is 2.36. The first-order valence-corrected chi connectivity index (χ1v) is 3.93. The Labute approximate surface area is 57.8 Å². The molecule has 1 aliphatic carbocycles. The Balaban J connectivity index is 1.94. The van der Waals surface area contributed by atoms with Crippen molar-refractivity contribution in [2.75, 3.05) is 6.54 Å².